The van der Waals surface area contributed by atoms with Gasteiger partial charge in [0.15, 0.2) is 0 Å². The van der Waals surface area contributed by atoms with E-state index in [0.29, 0.717) is 18.8 Å². The summed E-state index contributed by atoms with van der Waals surface area (Å²) in [5, 5.41) is 14.4. The van der Waals surface area contributed by atoms with E-state index < -0.39 is 10.8 Å². The molecule has 0 aromatic heterocycles. The number of anilines is 1. The van der Waals surface area contributed by atoms with Crippen molar-refractivity contribution in [3.05, 3.63) is 33.9 Å². The standard InChI is InChI=1S/C12H16N4O4/c1-20-14-12(17)9-2-3-10(11(8-9)16(18)19)15-6-4-13-5-7-15/h2-3,8,13H,4-7H2,1H3,(H,14,17). The molecule has 1 saturated heterocycles. The Hall–Kier alpha value is -2.19. The zero-order valence-corrected chi connectivity index (χ0v) is 11.1. The fraction of sp³-hybridized carbons (Fsp3) is 0.417. The van der Waals surface area contributed by atoms with Crippen molar-refractivity contribution in [2.24, 2.45) is 0 Å². The largest absolute Gasteiger partial charge is 0.363 e. The number of rotatable bonds is 4. The van der Waals surface area contributed by atoms with Crippen LogP contribution in [0.25, 0.3) is 0 Å². The molecule has 0 saturated carbocycles. The lowest BCUT2D eigenvalue weighted by Crippen LogP contribution is -2.43. The maximum absolute atomic E-state index is 11.6. The Balaban J connectivity index is 2.32. The number of nitro groups is 1. The normalized spacial score (nSPS) is 14.9. The molecule has 0 spiro atoms. The number of carbonyl (C=O) groups is 1. The van der Waals surface area contributed by atoms with Gasteiger partial charge in [0.25, 0.3) is 11.6 Å². The van der Waals surface area contributed by atoms with E-state index in [0.717, 1.165) is 13.1 Å². The van der Waals surface area contributed by atoms with E-state index in [-0.39, 0.29) is 11.3 Å². The summed E-state index contributed by atoms with van der Waals surface area (Å²) in [6.45, 7) is 2.96. The van der Waals surface area contributed by atoms with Crippen LogP contribution in [0.15, 0.2) is 18.2 Å². The van der Waals surface area contributed by atoms with Crippen LogP contribution in [0.5, 0.6) is 0 Å². The van der Waals surface area contributed by atoms with Gasteiger partial charge in [0.05, 0.1) is 12.0 Å². The predicted octanol–water partition coefficient (Wildman–Crippen LogP) is 0.296. The molecule has 8 heteroatoms. The summed E-state index contributed by atoms with van der Waals surface area (Å²) in [5.41, 5.74) is 2.79. The van der Waals surface area contributed by atoms with Crippen molar-refractivity contribution >= 4 is 17.3 Å². The van der Waals surface area contributed by atoms with Gasteiger partial charge >= 0.3 is 0 Å². The second-order valence-electron chi connectivity index (χ2n) is 4.33. The Kier molecular flexibility index (Phi) is 4.49. The number of nitrogens with one attached hydrogen (secondary N) is 2. The quantitative estimate of drug-likeness (QED) is 0.608. The van der Waals surface area contributed by atoms with Crippen LogP contribution in [-0.2, 0) is 4.84 Å². The first kappa shape index (κ1) is 14.2. The smallest absolute Gasteiger partial charge is 0.293 e. The molecule has 0 atom stereocenters. The number of hydroxylamine groups is 1. The highest BCUT2D eigenvalue weighted by Gasteiger charge is 2.22. The zero-order valence-electron chi connectivity index (χ0n) is 11.1. The van der Waals surface area contributed by atoms with Crippen LogP contribution < -0.4 is 15.7 Å². The van der Waals surface area contributed by atoms with Crippen LogP contribution in [0.3, 0.4) is 0 Å². The minimum absolute atomic E-state index is 0.0735. The van der Waals surface area contributed by atoms with E-state index in [4.69, 9.17) is 0 Å². The van der Waals surface area contributed by atoms with Crippen molar-refractivity contribution in [2.45, 2.75) is 0 Å². The average molecular weight is 280 g/mol. The molecule has 1 aliphatic rings. The first-order chi connectivity index (χ1) is 9.63. The molecular weight excluding hydrogens is 264 g/mol. The third kappa shape index (κ3) is 3.03. The monoisotopic (exact) mass is 280 g/mol. The number of amides is 1. The number of hydrogen-bond acceptors (Lipinski definition) is 6. The molecule has 0 radical (unpaired) electrons. The minimum atomic E-state index is -0.512. The van der Waals surface area contributed by atoms with Gasteiger partial charge in [-0.05, 0) is 12.1 Å². The van der Waals surface area contributed by atoms with Crippen molar-refractivity contribution in [3.8, 4) is 0 Å². The summed E-state index contributed by atoms with van der Waals surface area (Å²) in [6, 6.07) is 4.43. The number of piperazine rings is 1. The van der Waals surface area contributed by atoms with Gasteiger partial charge in [0, 0.05) is 37.8 Å². The minimum Gasteiger partial charge on any atom is -0.363 e. The fourth-order valence-corrected chi connectivity index (χ4v) is 2.14. The molecule has 0 unspecified atom stereocenters. The van der Waals surface area contributed by atoms with Crippen molar-refractivity contribution < 1.29 is 14.6 Å². The topological polar surface area (TPSA) is 96.7 Å². The lowest BCUT2D eigenvalue weighted by Gasteiger charge is -2.29. The molecule has 2 N–H and O–H groups in total. The predicted molar refractivity (Wildman–Crippen MR) is 72.7 cm³/mol. The van der Waals surface area contributed by atoms with Crippen molar-refractivity contribution in [1.82, 2.24) is 10.8 Å². The van der Waals surface area contributed by atoms with E-state index in [2.05, 4.69) is 15.6 Å². The van der Waals surface area contributed by atoms with Crippen LogP contribution in [0.2, 0.25) is 0 Å². The molecule has 108 valence electrons. The number of nitrogens with zero attached hydrogens (tertiary/aromatic N) is 2. The van der Waals surface area contributed by atoms with Gasteiger partial charge < -0.3 is 10.2 Å². The maximum atomic E-state index is 11.6. The molecular formula is C12H16N4O4. The number of benzene rings is 1. The summed E-state index contributed by atoms with van der Waals surface area (Å²) < 4.78 is 0. The van der Waals surface area contributed by atoms with Crippen LogP contribution in [-0.4, -0.2) is 44.1 Å². The van der Waals surface area contributed by atoms with Crippen molar-refractivity contribution in [2.75, 3.05) is 38.2 Å². The summed E-state index contributed by atoms with van der Waals surface area (Å²) in [5.74, 6) is -0.512. The van der Waals surface area contributed by atoms with Crippen LogP contribution >= 0.6 is 0 Å². The molecule has 8 nitrogen and oxygen atoms in total. The van der Waals surface area contributed by atoms with Crippen LogP contribution in [0.1, 0.15) is 10.4 Å². The highest BCUT2D eigenvalue weighted by atomic mass is 16.6. The summed E-state index contributed by atoms with van der Waals surface area (Å²) in [4.78, 5) is 28.8. The van der Waals surface area contributed by atoms with E-state index in [1.54, 1.807) is 12.1 Å². The molecule has 0 aliphatic carbocycles. The highest BCUT2D eigenvalue weighted by molar-refractivity contribution is 5.95. The van der Waals surface area contributed by atoms with E-state index in [1.807, 2.05) is 4.90 Å². The van der Waals surface area contributed by atoms with Crippen LogP contribution in [0.4, 0.5) is 11.4 Å². The Morgan fingerprint density at radius 2 is 2.15 bits per heavy atom. The molecule has 1 aromatic carbocycles. The fourth-order valence-electron chi connectivity index (χ4n) is 2.14. The molecule has 0 bridgehead atoms. The lowest BCUT2D eigenvalue weighted by atomic mass is 10.1. The Morgan fingerprint density at radius 1 is 1.45 bits per heavy atom. The first-order valence-corrected chi connectivity index (χ1v) is 6.21. The first-order valence-electron chi connectivity index (χ1n) is 6.21. The van der Waals surface area contributed by atoms with Crippen molar-refractivity contribution in [3.63, 3.8) is 0 Å². The molecule has 20 heavy (non-hydrogen) atoms. The van der Waals surface area contributed by atoms with Gasteiger partial charge in [0.2, 0.25) is 0 Å². The lowest BCUT2D eigenvalue weighted by molar-refractivity contribution is -0.384. The molecule has 1 fully saturated rings. The molecule has 2 rings (SSSR count). The maximum Gasteiger partial charge on any atom is 0.293 e. The molecule has 1 aromatic rings. The van der Waals surface area contributed by atoms with Gasteiger partial charge in [-0.15, -0.1) is 0 Å². The molecule has 1 aliphatic heterocycles. The number of nitro benzene ring substituents is 1. The second-order valence-corrected chi connectivity index (χ2v) is 4.33. The molecule has 1 heterocycles. The van der Waals surface area contributed by atoms with Gasteiger partial charge in [0.1, 0.15) is 5.69 Å². The third-order valence-corrected chi connectivity index (χ3v) is 3.09. The zero-order chi connectivity index (χ0) is 14.5. The summed E-state index contributed by atoms with van der Waals surface area (Å²) in [6.07, 6.45) is 0. The van der Waals surface area contributed by atoms with E-state index >= 15 is 0 Å². The third-order valence-electron chi connectivity index (χ3n) is 3.09. The molecule has 1 amide bonds. The Morgan fingerprint density at radius 3 is 2.75 bits per heavy atom. The van der Waals surface area contributed by atoms with Crippen LogP contribution in [0, 0.1) is 10.1 Å². The Labute approximate surface area is 115 Å². The van der Waals surface area contributed by atoms with Gasteiger partial charge in [-0.2, -0.15) is 0 Å². The van der Waals surface area contributed by atoms with Gasteiger partial charge in [-0.3, -0.25) is 19.7 Å². The Bertz CT molecular complexity index is 514. The van der Waals surface area contributed by atoms with Gasteiger partial charge in [-0.1, -0.05) is 0 Å². The average Bonchev–Trinajstić information content (AvgIpc) is 2.47. The summed E-state index contributed by atoms with van der Waals surface area (Å²) >= 11 is 0. The second kappa shape index (κ2) is 6.31. The van der Waals surface area contributed by atoms with Crippen molar-refractivity contribution in [1.29, 1.82) is 0 Å². The SMILES string of the molecule is CONC(=O)c1ccc(N2CCNCC2)c([N+](=O)[O-])c1. The number of carbonyl (C=O) groups excluding carboxylic acids is 1. The van der Waals surface area contributed by atoms with E-state index in [1.165, 1.54) is 13.2 Å². The van der Waals surface area contributed by atoms with E-state index in [9.17, 15) is 14.9 Å². The van der Waals surface area contributed by atoms with Gasteiger partial charge in [-0.25, -0.2) is 5.48 Å². The highest BCUT2D eigenvalue weighted by Crippen LogP contribution is 2.29. The number of hydrogen-bond donors (Lipinski definition) is 2. The summed E-state index contributed by atoms with van der Waals surface area (Å²) in [7, 11) is 1.31.